The molecule has 0 fully saturated rings. The summed E-state index contributed by atoms with van der Waals surface area (Å²) in [7, 11) is 0. The van der Waals surface area contributed by atoms with E-state index in [1.807, 2.05) is 6.07 Å². The molecule has 74 valence electrons. The number of phenols is 1. The fraction of sp³-hybridized carbons (Fsp3) is 0.250. The second kappa shape index (κ2) is 4.09. The summed E-state index contributed by atoms with van der Waals surface area (Å²) >= 11 is 0. The molecule has 0 saturated heterocycles. The number of hydrogen-bond donors (Lipinski definition) is 1. The molecule has 0 aliphatic heterocycles. The monoisotopic (exact) mass is 189 g/mol. The molecule has 1 aromatic carbocycles. The van der Waals surface area contributed by atoms with Gasteiger partial charge in [0, 0.05) is 5.56 Å². The Bertz CT molecular complexity index is 367. The third-order valence-electron chi connectivity index (χ3n) is 2.21. The highest BCUT2D eigenvalue weighted by molar-refractivity contribution is 5.73. The maximum Gasteiger partial charge on any atom is 0.141 e. The van der Waals surface area contributed by atoms with Crippen LogP contribution in [-0.2, 0) is 0 Å². The first-order valence-electron chi connectivity index (χ1n) is 4.56. The van der Waals surface area contributed by atoms with Crippen LogP contribution in [0.3, 0.4) is 0 Å². The zero-order valence-electron chi connectivity index (χ0n) is 8.62. The van der Waals surface area contributed by atoms with Crippen molar-refractivity contribution in [3.8, 4) is 5.75 Å². The average molecular weight is 189 g/mol. The molecule has 0 aromatic heterocycles. The zero-order chi connectivity index (χ0) is 10.7. The minimum Gasteiger partial charge on any atom is -0.506 e. The standard InChI is InChI=1S/C12H15NO/c1-5-9-10(8(2)3)6-7-11(14)12(9)13-4/h5-8,14H,1,4H2,2-3H3. The molecule has 0 unspecified atom stereocenters. The number of phenolic OH excluding ortho intramolecular Hbond substituents is 1. The van der Waals surface area contributed by atoms with Gasteiger partial charge in [0.1, 0.15) is 11.4 Å². The highest BCUT2D eigenvalue weighted by Gasteiger charge is 2.11. The first kappa shape index (κ1) is 10.5. The van der Waals surface area contributed by atoms with E-state index in [0.29, 0.717) is 11.6 Å². The maximum absolute atomic E-state index is 9.55. The first-order valence-corrected chi connectivity index (χ1v) is 4.56. The van der Waals surface area contributed by atoms with Crippen molar-refractivity contribution in [3.63, 3.8) is 0 Å². The van der Waals surface area contributed by atoms with Gasteiger partial charge in [-0.15, -0.1) is 0 Å². The molecule has 0 atom stereocenters. The van der Waals surface area contributed by atoms with E-state index < -0.39 is 0 Å². The third kappa shape index (κ3) is 1.69. The molecule has 0 radical (unpaired) electrons. The SMILES string of the molecule is C=Cc1c(C(C)C)ccc(O)c1N=C. The summed E-state index contributed by atoms with van der Waals surface area (Å²) in [4.78, 5) is 3.81. The van der Waals surface area contributed by atoms with Gasteiger partial charge < -0.3 is 5.11 Å². The van der Waals surface area contributed by atoms with Gasteiger partial charge >= 0.3 is 0 Å². The van der Waals surface area contributed by atoms with E-state index >= 15 is 0 Å². The lowest BCUT2D eigenvalue weighted by Gasteiger charge is -2.12. The van der Waals surface area contributed by atoms with Crippen LogP contribution in [0.1, 0.15) is 30.9 Å². The van der Waals surface area contributed by atoms with Crippen LogP contribution in [0.2, 0.25) is 0 Å². The van der Waals surface area contributed by atoms with Crippen LogP contribution in [0, 0.1) is 0 Å². The molecular weight excluding hydrogens is 174 g/mol. The lowest BCUT2D eigenvalue weighted by Crippen LogP contribution is -1.92. The molecule has 0 amide bonds. The molecule has 0 spiro atoms. The summed E-state index contributed by atoms with van der Waals surface area (Å²) in [6.07, 6.45) is 1.71. The maximum atomic E-state index is 9.55. The highest BCUT2D eigenvalue weighted by Crippen LogP contribution is 2.36. The first-order chi connectivity index (χ1) is 6.61. The molecule has 0 heterocycles. The normalized spacial score (nSPS) is 10.2. The van der Waals surface area contributed by atoms with Crippen molar-refractivity contribution in [2.75, 3.05) is 0 Å². The van der Waals surface area contributed by atoms with Crippen LogP contribution in [0.4, 0.5) is 5.69 Å². The zero-order valence-corrected chi connectivity index (χ0v) is 8.62. The van der Waals surface area contributed by atoms with E-state index in [9.17, 15) is 5.11 Å². The van der Waals surface area contributed by atoms with Crippen LogP contribution in [0.5, 0.6) is 5.75 Å². The Kier molecular flexibility index (Phi) is 3.07. The summed E-state index contributed by atoms with van der Waals surface area (Å²) in [5.74, 6) is 0.531. The van der Waals surface area contributed by atoms with Crippen molar-refractivity contribution in [1.82, 2.24) is 0 Å². The number of rotatable bonds is 3. The van der Waals surface area contributed by atoms with Gasteiger partial charge in [0.15, 0.2) is 0 Å². The van der Waals surface area contributed by atoms with E-state index in [4.69, 9.17) is 0 Å². The second-order valence-corrected chi connectivity index (χ2v) is 3.45. The summed E-state index contributed by atoms with van der Waals surface area (Å²) in [5, 5.41) is 9.55. The minimum atomic E-state index is 0.152. The van der Waals surface area contributed by atoms with Crippen molar-refractivity contribution in [1.29, 1.82) is 0 Å². The van der Waals surface area contributed by atoms with Gasteiger partial charge in [0.05, 0.1) is 0 Å². The molecule has 0 aliphatic carbocycles. The van der Waals surface area contributed by atoms with E-state index in [1.165, 1.54) is 0 Å². The molecule has 2 nitrogen and oxygen atoms in total. The van der Waals surface area contributed by atoms with Crippen molar-refractivity contribution < 1.29 is 5.11 Å². The molecule has 1 rings (SSSR count). The molecule has 1 N–H and O–H groups in total. The van der Waals surface area contributed by atoms with Crippen LogP contribution in [0.25, 0.3) is 6.08 Å². The molecule has 2 heteroatoms. The van der Waals surface area contributed by atoms with Crippen molar-refractivity contribution in [2.24, 2.45) is 4.99 Å². The Hall–Kier alpha value is -1.57. The smallest absolute Gasteiger partial charge is 0.141 e. The number of aliphatic imine (C=N–C) groups is 1. The quantitative estimate of drug-likeness (QED) is 0.725. The second-order valence-electron chi connectivity index (χ2n) is 3.45. The molecule has 14 heavy (non-hydrogen) atoms. The van der Waals surface area contributed by atoms with Gasteiger partial charge in [-0.2, -0.15) is 0 Å². The number of nitrogens with zero attached hydrogens (tertiary/aromatic N) is 1. The van der Waals surface area contributed by atoms with Gasteiger partial charge in [-0.25, -0.2) is 0 Å². The minimum absolute atomic E-state index is 0.152. The Labute approximate surface area is 84.6 Å². The summed E-state index contributed by atoms with van der Waals surface area (Å²) < 4.78 is 0. The predicted molar refractivity (Wildman–Crippen MR) is 61.5 cm³/mol. The summed E-state index contributed by atoms with van der Waals surface area (Å²) in [5.41, 5.74) is 2.52. The van der Waals surface area contributed by atoms with E-state index in [2.05, 4.69) is 32.1 Å². The van der Waals surface area contributed by atoms with Crippen molar-refractivity contribution in [3.05, 3.63) is 29.8 Å². The Morgan fingerprint density at radius 1 is 1.43 bits per heavy atom. The van der Waals surface area contributed by atoms with E-state index in [-0.39, 0.29) is 5.75 Å². The predicted octanol–water partition coefficient (Wildman–Crippen LogP) is 3.49. The Balaban J connectivity index is 3.48. The fourth-order valence-corrected chi connectivity index (χ4v) is 1.50. The topological polar surface area (TPSA) is 32.6 Å². The van der Waals surface area contributed by atoms with Gasteiger partial charge in [-0.05, 0) is 24.3 Å². The molecular formula is C12H15NO. The van der Waals surface area contributed by atoms with E-state index in [0.717, 1.165) is 11.1 Å². The largest absolute Gasteiger partial charge is 0.506 e. The van der Waals surface area contributed by atoms with Gasteiger partial charge in [-0.3, -0.25) is 4.99 Å². The third-order valence-corrected chi connectivity index (χ3v) is 2.21. The summed E-state index contributed by atoms with van der Waals surface area (Å²) in [6.45, 7) is 11.3. The van der Waals surface area contributed by atoms with E-state index in [1.54, 1.807) is 12.1 Å². The Morgan fingerprint density at radius 3 is 2.50 bits per heavy atom. The number of benzene rings is 1. The molecule has 0 saturated carbocycles. The van der Waals surface area contributed by atoms with Crippen LogP contribution >= 0.6 is 0 Å². The van der Waals surface area contributed by atoms with Gasteiger partial charge in [0.2, 0.25) is 0 Å². The fourth-order valence-electron chi connectivity index (χ4n) is 1.50. The van der Waals surface area contributed by atoms with Gasteiger partial charge in [0.25, 0.3) is 0 Å². The Morgan fingerprint density at radius 2 is 2.07 bits per heavy atom. The summed E-state index contributed by atoms with van der Waals surface area (Å²) in [6, 6.07) is 3.54. The molecule has 1 aromatic rings. The van der Waals surface area contributed by atoms with Gasteiger partial charge in [-0.1, -0.05) is 32.6 Å². The number of hydrogen-bond acceptors (Lipinski definition) is 2. The van der Waals surface area contributed by atoms with Crippen LogP contribution < -0.4 is 0 Å². The van der Waals surface area contributed by atoms with Crippen LogP contribution in [0.15, 0.2) is 23.7 Å². The van der Waals surface area contributed by atoms with Crippen molar-refractivity contribution >= 4 is 18.5 Å². The van der Waals surface area contributed by atoms with Crippen molar-refractivity contribution in [2.45, 2.75) is 19.8 Å². The molecule has 0 bridgehead atoms. The molecule has 0 aliphatic rings. The lowest BCUT2D eigenvalue weighted by molar-refractivity contribution is 0.476. The van der Waals surface area contributed by atoms with Crippen LogP contribution in [-0.4, -0.2) is 11.8 Å². The number of aromatic hydroxyl groups is 1. The lowest BCUT2D eigenvalue weighted by atomic mass is 9.95. The highest BCUT2D eigenvalue weighted by atomic mass is 16.3. The average Bonchev–Trinajstić information content (AvgIpc) is 2.16.